The van der Waals surface area contributed by atoms with Crippen LogP contribution in [0.1, 0.15) is 54.4 Å². The first-order valence-electron chi connectivity index (χ1n) is 6.43. The van der Waals surface area contributed by atoms with Gasteiger partial charge in [-0.1, -0.05) is 41.5 Å². The second-order valence-electron chi connectivity index (χ2n) is 7.29. The normalized spacial score (nSPS) is 20.2. The van der Waals surface area contributed by atoms with Gasteiger partial charge in [-0.3, -0.25) is 0 Å². The van der Waals surface area contributed by atoms with Crippen LogP contribution in [0.3, 0.4) is 0 Å². The van der Waals surface area contributed by atoms with Crippen LogP contribution in [0.25, 0.3) is 0 Å². The summed E-state index contributed by atoms with van der Waals surface area (Å²) in [6.07, 6.45) is 2.81. The Balaban J connectivity index is 2.65. The maximum absolute atomic E-state index is 2.65. The van der Waals surface area contributed by atoms with Crippen LogP contribution in [0.5, 0.6) is 0 Å². The van der Waals surface area contributed by atoms with Crippen LogP contribution in [0.4, 0.5) is 0 Å². The molecule has 1 rings (SSSR count). The molecule has 1 heterocycles. The predicted octanol–water partition coefficient (Wildman–Crippen LogP) is 3.79. The van der Waals surface area contributed by atoms with Gasteiger partial charge in [-0.05, 0) is 42.7 Å². The Bertz CT molecular complexity index is 174. The molecule has 1 saturated heterocycles. The lowest BCUT2D eigenvalue weighted by molar-refractivity contribution is 0.0652. The molecule has 1 heteroatoms. The highest BCUT2D eigenvalue weighted by atomic mass is 15.1. The fraction of sp³-hybridized carbons (Fsp3) is 1.00. The molecule has 0 radical (unpaired) electrons. The number of rotatable bonds is 2. The van der Waals surface area contributed by atoms with Gasteiger partial charge in [0.05, 0.1) is 0 Å². The van der Waals surface area contributed by atoms with Gasteiger partial charge in [-0.2, -0.15) is 0 Å². The minimum Gasteiger partial charge on any atom is -0.303 e. The molecule has 1 aliphatic heterocycles. The van der Waals surface area contributed by atoms with Crippen molar-refractivity contribution < 1.29 is 0 Å². The third kappa shape index (κ3) is 3.79. The summed E-state index contributed by atoms with van der Waals surface area (Å²) in [7, 11) is 0. The zero-order chi connectivity index (χ0) is 11.7. The molecule has 0 atom stereocenters. The fourth-order valence-electron chi connectivity index (χ4n) is 3.07. The molecule has 0 unspecified atom stereocenters. The molecule has 0 saturated carbocycles. The first kappa shape index (κ1) is 13.0. The lowest BCUT2D eigenvalue weighted by Crippen LogP contribution is -2.41. The standard InChI is InChI=1S/C14H29N/c1-13(2,3)12(14(4,5)6)11-15-9-7-8-10-15/h12H,7-11H2,1-6H3. The van der Waals surface area contributed by atoms with Crippen LogP contribution in [0.2, 0.25) is 0 Å². The average molecular weight is 211 g/mol. The lowest BCUT2D eigenvalue weighted by Gasteiger charge is -2.43. The second-order valence-corrected chi connectivity index (χ2v) is 7.29. The van der Waals surface area contributed by atoms with E-state index in [1.807, 2.05) is 0 Å². The summed E-state index contributed by atoms with van der Waals surface area (Å²) in [6, 6.07) is 0. The van der Waals surface area contributed by atoms with Crippen molar-refractivity contribution in [1.29, 1.82) is 0 Å². The molecule has 0 aromatic heterocycles. The molecular weight excluding hydrogens is 182 g/mol. The van der Waals surface area contributed by atoms with E-state index in [9.17, 15) is 0 Å². The van der Waals surface area contributed by atoms with Crippen molar-refractivity contribution in [2.45, 2.75) is 54.4 Å². The van der Waals surface area contributed by atoms with Crippen molar-refractivity contribution in [1.82, 2.24) is 4.90 Å². The minimum absolute atomic E-state index is 0.418. The number of hydrogen-bond donors (Lipinski definition) is 0. The average Bonchev–Trinajstić information content (AvgIpc) is 2.46. The summed E-state index contributed by atoms with van der Waals surface area (Å²) < 4.78 is 0. The van der Waals surface area contributed by atoms with E-state index in [-0.39, 0.29) is 0 Å². The van der Waals surface area contributed by atoms with Crippen molar-refractivity contribution in [2.24, 2.45) is 16.7 Å². The van der Waals surface area contributed by atoms with Gasteiger partial charge in [0.1, 0.15) is 0 Å². The van der Waals surface area contributed by atoms with Crippen LogP contribution in [0, 0.1) is 16.7 Å². The molecule has 0 aliphatic carbocycles. The second kappa shape index (κ2) is 4.45. The lowest BCUT2D eigenvalue weighted by atomic mass is 9.66. The smallest absolute Gasteiger partial charge is 0.00197 e. The summed E-state index contributed by atoms with van der Waals surface area (Å²) in [5, 5.41) is 0. The third-order valence-electron chi connectivity index (χ3n) is 3.73. The summed E-state index contributed by atoms with van der Waals surface area (Å²) in [6.45, 7) is 18.3. The molecule has 0 amide bonds. The molecule has 0 bridgehead atoms. The van der Waals surface area contributed by atoms with E-state index in [4.69, 9.17) is 0 Å². The van der Waals surface area contributed by atoms with Crippen LogP contribution in [-0.2, 0) is 0 Å². The summed E-state index contributed by atoms with van der Waals surface area (Å²) in [4.78, 5) is 2.65. The molecule has 0 N–H and O–H groups in total. The number of hydrogen-bond acceptors (Lipinski definition) is 1. The van der Waals surface area contributed by atoms with Crippen molar-refractivity contribution in [3.8, 4) is 0 Å². The van der Waals surface area contributed by atoms with Gasteiger partial charge in [-0.25, -0.2) is 0 Å². The van der Waals surface area contributed by atoms with E-state index in [0.29, 0.717) is 10.8 Å². The first-order chi connectivity index (χ1) is 6.71. The van der Waals surface area contributed by atoms with Crippen LogP contribution in [-0.4, -0.2) is 24.5 Å². The molecular formula is C14H29N. The van der Waals surface area contributed by atoms with Crippen molar-refractivity contribution in [2.75, 3.05) is 19.6 Å². The monoisotopic (exact) mass is 211 g/mol. The predicted molar refractivity (Wildman–Crippen MR) is 68.1 cm³/mol. The molecule has 1 fully saturated rings. The van der Waals surface area contributed by atoms with Gasteiger partial charge in [0.15, 0.2) is 0 Å². The maximum Gasteiger partial charge on any atom is 0.00197 e. The van der Waals surface area contributed by atoms with Crippen LogP contribution in [0.15, 0.2) is 0 Å². The van der Waals surface area contributed by atoms with Crippen LogP contribution >= 0.6 is 0 Å². The van der Waals surface area contributed by atoms with Crippen molar-refractivity contribution in [3.63, 3.8) is 0 Å². The van der Waals surface area contributed by atoms with Crippen LogP contribution < -0.4 is 0 Å². The van der Waals surface area contributed by atoms with E-state index in [0.717, 1.165) is 5.92 Å². The molecule has 0 spiro atoms. The Morgan fingerprint density at radius 1 is 0.867 bits per heavy atom. The third-order valence-corrected chi connectivity index (χ3v) is 3.73. The van der Waals surface area contributed by atoms with E-state index in [1.165, 1.54) is 32.5 Å². The van der Waals surface area contributed by atoms with Gasteiger partial charge >= 0.3 is 0 Å². The molecule has 1 nitrogen and oxygen atoms in total. The fourth-order valence-corrected chi connectivity index (χ4v) is 3.07. The molecule has 90 valence electrons. The first-order valence-corrected chi connectivity index (χ1v) is 6.43. The van der Waals surface area contributed by atoms with E-state index >= 15 is 0 Å². The Labute approximate surface area is 96.2 Å². The summed E-state index contributed by atoms with van der Waals surface area (Å²) >= 11 is 0. The number of likely N-dealkylation sites (tertiary alicyclic amines) is 1. The quantitative estimate of drug-likeness (QED) is 0.671. The van der Waals surface area contributed by atoms with E-state index < -0.39 is 0 Å². The maximum atomic E-state index is 2.65. The highest BCUT2D eigenvalue weighted by Crippen LogP contribution is 2.40. The van der Waals surface area contributed by atoms with Gasteiger partial charge < -0.3 is 4.90 Å². The molecule has 15 heavy (non-hydrogen) atoms. The highest BCUT2D eigenvalue weighted by molar-refractivity contribution is 4.87. The van der Waals surface area contributed by atoms with Crippen molar-refractivity contribution in [3.05, 3.63) is 0 Å². The Morgan fingerprint density at radius 3 is 1.60 bits per heavy atom. The zero-order valence-electron chi connectivity index (χ0n) is 11.6. The molecule has 1 aliphatic rings. The largest absolute Gasteiger partial charge is 0.303 e. The molecule has 0 aromatic carbocycles. The van der Waals surface area contributed by atoms with Gasteiger partial charge in [0.25, 0.3) is 0 Å². The van der Waals surface area contributed by atoms with Gasteiger partial charge in [0.2, 0.25) is 0 Å². The zero-order valence-corrected chi connectivity index (χ0v) is 11.6. The van der Waals surface area contributed by atoms with Crippen molar-refractivity contribution >= 4 is 0 Å². The summed E-state index contributed by atoms with van der Waals surface area (Å²) in [5.41, 5.74) is 0.835. The number of nitrogens with zero attached hydrogens (tertiary/aromatic N) is 1. The minimum atomic E-state index is 0.418. The Morgan fingerprint density at radius 2 is 1.27 bits per heavy atom. The summed E-state index contributed by atoms with van der Waals surface area (Å²) in [5.74, 6) is 0.781. The Kier molecular flexibility index (Phi) is 3.86. The van der Waals surface area contributed by atoms with E-state index in [2.05, 4.69) is 46.4 Å². The van der Waals surface area contributed by atoms with Gasteiger partial charge in [0, 0.05) is 6.54 Å². The van der Waals surface area contributed by atoms with E-state index in [1.54, 1.807) is 0 Å². The van der Waals surface area contributed by atoms with Gasteiger partial charge in [-0.15, -0.1) is 0 Å². The SMILES string of the molecule is CC(C)(C)C(CN1CCCC1)C(C)(C)C. The topological polar surface area (TPSA) is 3.24 Å². The highest BCUT2D eigenvalue weighted by Gasteiger charge is 2.36. The molecule has 0 aromatic rings. The Hall–Kier alpha value is -0.0400.